The molecule has 7 unspecified atom stereocenters. The topological polar surface area (TPSA) is 99.5 Å². The van der Waals surface area contributed by atoms with Gasteiger partial charge in [0.2, 0.25) is 0 Å². The summed E-state index contributed by atoms with van der Waals surface area (Å²) in [5, 5.41) is 25.8. The molecule has 5 saturated carbocycles. The zero-order valence-electron chi connectivity index (χ0n) is 30.8. The number of anilines is 1. The van der Waals surface area contributed by atoms with E-state index in [1.165, 1.54) is 32.1 Å². The highest BCUT2D eigenvalue weighted by molar-refractivity contribution is 6.08. The van der Waals surface area contributed by atoms with Crippen LogP contribution in [0.4, 0.5) is 5.69 Å². The van der Waals surface area contributed by atoms with E-state index in [-0.39, 0.29) is 34.6 Å². The number of pyridine rings is 1. The molecular weight excluding hydrogens is 633 g/mol. The first kappa shape index (κ1) is 34.4. The van der Waals surface area contributed by atoms with Crippen LogP contribution in [-0.2, 0) is 11.3 Å². The number of carbonyl (C=O) groups is 2. The van der Waals surface area contributed by atoms with Crippen molar-refractivity contribution in [2.24, 2.45) is 51.8 Å². The van der Waals surface area contributed by atoms with E-state index in [9.17, 15) is 19.8 Å². The first-order valence-electron chi connectivity index (χ1n) is 19.6. The van der Waals surface area contributed by atoms with Gasteiger partial charge >= 0.3 is 5.97 Å². The predicted molar refractivity (Wildman–Crippen MR) is 201 cm³/mol. The van der Waals surface area contributed by atoms with Crippen LogP contribution >= 0.6 is 0 Å². The van der Waals surface area contributed by atoms with E-state index in [4.69, 9.17) is 0 Å². The number of fused-ring (bicyclic) bond motifs is 5. The molecule has 0 amide bonds. The molecule has 6 heteroatoms. The molecule has 51 heavy (non-hydrogen) atoms. The fourth-order valence-electron chi connectivity index (χ4n) is 12.7. The van der Waals surface area contributed by atoms with E-state index >= 15 is 0 Å². The number of carboxylic acids is 1. The number of ketones is 1. The van der Waals surface area contributed by atoms with Gasteiger partial charge in [0.1, 0.15) is 0 Å². The summed E-state index contributed by atoms with van der Waals surface area (Å²) in [6.07, 6.45) is 11.2. The minimum absolute atomic E-state index is 0.0131. The van der Waals surface area contributed by atoms with E-state index in [0.29, 0.717) is 47.6 Å². The molecule has 0 bridgehead atoms. The number of benzene rings is 2. The van der Waals surface area contributed by atoms with Crippen molar-refractivity contribution in [3.8, 4) is 11.8 Å². The first-order valence-corrected chi connectivity index (χ1v) is 19.6. The van der Waals surface area contributed by atoms with Gasteiger partial charge in [0, 0.05) is 35.2 Å². The number of aromatic nitrogens is 1. The monoisotopic (exact) mass is 686 g/mol. The van der Waals surface area contributed by atoms with E-state index in [0.717, 1.165) is 65.5 Å². The number of aryl methyl sites for hydroxylation is 1. The lowest BCUT2D eigenvalue weighted by molar-refractivity contribution is -0.142. The maximum Gasteiger partial charge on any atom is 0.303 e. The van der Waals surface area contributed by atoms with Gasteiger partial charge in [-0.25, -0.2) is 0 Å². The number of aliphatic hydroxyl groups excluding tert-OH is 1. The molecule has 10 atom stereocenters. The second-order valence-corrected chi connectivity index (χ2v) is 17.5. The third-order valence-corrected chi connectivity index (χ3v) is 15.3. The van der Waals surface area contributed by atoms with Crippen LogP contribution in [0.25, 0.3) is 10.9 Å². The maximum absolute atomic E-state index is 12.6. The summed E-state index contributed by atoms with van der Waals surface area (Å²) in [7, 11) is 0. The average Bonchev–Trinajstić information content (AvgIpc) is 3.67. The van der Waals surface area contributed by atoms with Crippen molar-refractivity contribution in [1.29, 1.82) is 0 Å². The van der Waals surface area contributed by atoms with Crippen LogP contribution in [0.3, 0.4) is 0 Å². The Morgan fingerprint density at radius 2 is 1.80 bits per heavy atom. The quantitative estimate of drug-likeness (QED) is 0.161. The van der Waals surface area contributed by atoms with Crippen LogP contribution in [0.15, 0.2) is 48.5 Å². The van der Waals surface area contributed by atoms with Crippen molar-refractivity contribution in [1.82, 2.24) is 4.98 Å². The van der Waals surface area contributed by atoms with Gasteiger partial charge in [-0.2, -0.15) is 0 Å². The standard InChI is InChI=1S/C45H54N2O4/c1-27(9-18-40(50)51)44-22-20-36-34-17-16-33-23-31(19-21-43(33,4)37(34)24-39(49)45(36,44)26-44)13-10-30-11-14-32(15-12-30)25-46-42-35-7-5-6-8-38(35)47-28(2)41(42)29(3)48/h5-8,11-12,14-15,27,31,33-34,36-37,39,49H,9,16-26H2,1-4H3,(H,46,47)(H,50,51)/t27-,31?,33?,34?,36?,37?,39+,43?,44?,45-/m1/s1. The molecular formula is C45H54N2O4. The number of hydrogen-bond acceptors (Lipinski definition) is 5. The van der Waals surface area contributed by atoms with E-state index < -0.39 is 5.97 Å². The van der Waals surface area contributed by atoms with Gasteiger partial charge in [-0.1, -0.05) is 56.0 Å². The second kappa shape index (κ2) is 12.8. The van der Waals surface area contributed by atoms with Gasteiger partial charge in [-0.15, -0.1) is 0 Å². The van der Waals surface area contributed by atoms with Gasteiger partial charge in [0.25, 0.3) is 0 Å². The molecule has 6 nitrogen and oxygen atoms in total. The number of Topliss-reactive ketones (excluding diaryl/α,β-unsaturated/α-hetero) is 1. The highest BCUT2D eigenvalue weighted by Crippen LogP contribution is 2.85. The third-order valence-electron chi connectivity index (χ3n) is 15.3. The van der Waals surface area contributed by atoms with Gasteiger partial charge in [-0.3, -0.25) is 14.6 Å². The number of hydrogen-bond donors (Lipinski definition) is 3. The van der Waals surface area contributed by atoms with Crippen molar-refractivity contribution in [2.45, 2.75) is 111 Å². The summed E-state index contributed by atoms with van der Waals surface area (Å²) in [4.78, 5) is 28.6. The molecule has 0 radical (unpaired) electrons. The average molecular weight is 687 g/mol. The Bertz CT molecular complexity index is 1930. The first-order chi connectivity index (χ1) is 24.5. The van der Waals surface area contributed by atoms with Gasteiger partial charge in [0.15, 0.2) is 5.78 Å². The zero-order valence-corrected chi connectivity index (χ0v) is 30.8. The van der Waals surface area contributed by atoms with Gasteiger partial charge < -0.3 is 15.5 Å². The number of carboxylic acid groups (broad SMARTS) is 1. The van der Waals surface area contributed by atoms with Crippen LogP contribution in [0, 0.1) is 70.5 Å². The predicted octanol–water partition coefficient (Wildman–Crippen LogP) is 9.21. The van der Waals surface area contributed by atoms with Crippen LogP contribution in [0.2, 0.25) is 0 Å². The Morgan fingerprint density at radius 1 is 1.02 bits per heavy atom. The Kier molecular flexibility index (Phi) is 8.61. The van der Waals surface area contributed by atoms with Gasteiger partial charge in [-0.05, 0) is 142 Å². The number of para-hydroxylation sites is 1. The van der Waals surface area contributed by atoms with Crippen molar-refractivity contribution in [2.75, 3.05) is 5.32 Å². The highest BCUT2D eigenvalue weighted by atomic mass is 16.4. The van der Waals surface area contributed by atoms with Crippen LogP contribution in [0.1, 0.15) is 119 Å². The van der Waals surface area contributed by atoms with Crippen molar-refractivity contribution in [3.63, 3.8) is 0 Å². The van der Waals surface area contributed by atoms with Crippen molar-refractivity contribution < 1.29 is 19.8 Å². The number of nitrogens with one attached hydrogen (secondary N) is 1. The molecule has 8 rings (SSSR count). The summed E-state index contributed by atoms with van der Waals surface area (Å²) in [5.41, 5.74) is 5.80. The molecule has 5 aliphatic rings. The lowest BCUT2D eigenvalue weighted by Crippen LogP contribution is -2.55. The molecule has 3 aromatic rings. The lowest BCUT2D eigenvalue weighted by atomic mass is 9.45. The third kappa shape index (κ3) is 5.52. The van der Waals surface area contributed by atoms with Crippen LogP contribution in [-0.4, -0.2) is 33.1 Å². The summed E-state index contributed by atoms with van der Waals surface area (Å²) >= 11 is 0. The number of aliphatic hydroxyl groups is 1. The summed E-state index contributed by atoms with van der Waals surface area (Å²) in [6.45, 7) is 8.93. The minimum Gasteiger partial charge on any atom is -0.481 e. The molecule has 5 aliphatic carbocycles. The molecule has 268 valence electrons. The van der Waals surface area contributed by atoms with Gasteiger partial charge in [0.05, 0.1) is 28.6 Å². The second-order valence-electron chi connectivity index (χ2n) is 17.5. The Morgan fingerprint density at radius 3 is 2.57 bits per heavy atom. The SMILES string of the molecule is CC(=O)c1c(C)nc2ccccc2c1NCc1ccc(C#CC2CCC3(C)C(CCC4C3C[C@H](O)[C@]35CC3([C@H](C)CCC(=O)O)CCC45)C2)cc1. The van der Waals surface area contributed by atoms with E-state index in [1.54, 1.807) is 6.92 Å². The Balaban J connectivity index is 0.907. The molecule has 1 heterocycles. The lowest BCUT2D eigenvalue weighted by Gasteiger charge is -2.60. The van der Waals surface area contributed by atoms with Crippen LogP contribution in [0.5, 0.6) is 0 Å². The highest BCUT2D eigenvalue weighted by Gasteiger charge is 2.80. The normalized spacial score (nSPS) is 35.3. The fraction of sp³-hybridized carbons (Fsp3) is 0.578. The molecule has 0 saturated heterocycles. The largest absolute Gasteiger partial charge is 0.481 e. The molecule has 0 aliphatic heterocycles. The molecule has 2 aromatic carbocycles. The number of carbonyl (C=O) groups excluding carboxylic acids is 1. The maximum atomic E-state index is 12.6. The number of aliphatic carboxylic acids is 1. The van der Waals surface area contributed by atoms with E-state index in [2.05, 4.69) is 60.3 Å². The molecule has 1 spiro atoms. The minimum atomic E-state index is -0.698. The Labute approximate surface area is 303 Å². The molecule has 3 N–H and O–H groups in total. The number of nitrogens with zero attached hydrogens (tertiary/aromatic N) is 1. The smallest absolute Gasteiger partial charge is 0.303 e. The number of rotatable bonds is 8. The van der Waals surface area contributed by atoms with Crippen molar-refractivity contribution in [3.05, 3.63) is 70.9 Å². The Hall–Kier alpha value is -3.69. The molecule has 1 aromatic heterocycles. The molecule has 5 fully saturated rings. The summed E-state index contributed by atoms with van der Waals surface area (Å²) < 4.78 is 0. The van der Waals surface area contributed by atoms with Crippen molar-refractivity contribution >= 4 is 28.3 Å². The fourth-order valence-corrected chi connectivity index (χ4v) is 12.7. The van der Waals surface area contributed by atoms with E-state index in [1.807, 2.05) is 31.2 Å². The zero-order chi connectivity index (χ0) is 35.7. The summed E-state index contributed by atoms with van der Waals surface area (Å²) in [6, 6.07) is 16.5. The van der Waals surface area contributed by atoms with Crippen LogP contribution < -0.4 is 5.32 Å². The summed E-state index contributed by atoms with van der Waals surface area (Å²) in [5.74, 6) is 9.85.